The first-order valence-electron chi connectivity index (χ1n) is 6.25. The number of hydrogen-bond donors (Lipinski definition) is 2. The molecule has 0 unspecified atom stereocenters. The SMILES string of the molecule is O=C(O)CCn1ccc(C(=O)O)c1Cc1ccccc1. The molecule has 0 aliphatic rings. The van der Waals surface area contributed by atoms with Crippen molar-refractivity contribution >= 4 is 11.9 Å². The van der Waals surface area contributed by atoms with Gasteiger partial charge in [-0.25, -0.2) is 4.79 Å². The van der Waals surface area contributed by atoms with Crippen LogP contribution in [0.5, 0.6) is 0 Å². The summed E-state index contributed by atoms with van der Waals surface area (Å²) in [6, 6.07) is 11.0. The Bertz CT molecular complexity index is 616. The first kappa shape index (κ1) is 13.9. The fourth-order valence-electron chi connectivity index (χ4n) is 2.11. The zero-order chi connectivity index (χ0) is 14.5. The Hall–Kier alpha value is -2.56. The number of aliphatic carboxylic acids is 1. The topological polar surface area (TPSA) is 79.5 Å². The molecule has 0 amide bonds. The van der Waals surface area contributed by atoms with E-state index in [0.717, 1.165) is 5.56 Å². The van der Waals surface area contributed by atoms with E-state index in [2.05, 4.69) is 0 Å². The van der Waals surface area contributed by atoms with Gasteiger partial charge in [0.1, 0.15) is 0 Å². The van der Waals surface area contributed by atoms with E-state index in [1.165, 1.54) is 6.07 Å². The molecule has 0 saturated carbocycles. The summed E-state index contributed by atoms with van der Waals surface area (Å²) >= 11 is 0. The highest BCUT2D eigenvalue weighted by Crippen LogP contribution is 2.17. The summed E-state index contributed by atoms with van der Waals surface area (Å²) in [5.74, 6) is -1.90. The van der Waals surface area contributed by atoms with Crippen molar-refractivity contribution in [3.8, 4) is 0 Å². The second kappa shape index (κ2) is 6.06. The molecular weight excluding hydrogens is 258 g/mol. The molecule has 1 heterocycles. The predicted octanol–water partition coefficient (Wildman–Crippen LogP) is 2.25. The summed E-state index contributed by atoms with van der Waals surface area (Å²) in [5.41, 5.74) is 1.84. The van der Waals surface area contributed by atoms with Gasteiger partial charge in [-0.2, -0.15) is 0 Å². The summed E-state index contributed by atoms with van der Waals surface area (Å²) in [4.78, 5) is 21.9. The summed E-state index contributed by atoms with van der Waals surface area (Å²) in [7, 11) is 0. The van der Waals surface area contributed by atoms with Gasteiger partial charge in [-0.05, 0) is 11.6 Å². The average Bonchev–Trinajstić information content (AvgIpc) is 2.80. The first-order valence-corrected chi connectivity index (χ1v) is 6.25. The average molecular weight is 273 g/mol. The second-order valence-corrected chi connectivity index (χ2v) is 4.48. The van der Waals surface area contributed by atoms with Crippen molar-refractivity contribution in [2.75, 3.05) is 0 Å². The number of aryl methyl sites for hydroxylation is 1. The number of nitrogens with zero attached hydrogens (tertiary/aromatic N) is 1. The number of carboxylic acid groups (broad SMARTS) is 2. The fraction of sp³-hybridized carbons (Fsp3) is 0.200. The lowest BCUT2D eigenvalue weighted by Gasteiger charge is -2.09. The maximum absolute atomic E-state index is 11.2. The van der Waals surface area contributed by atoms with Crippen LogP contribution in [0, 0.1) is 0 Å². The van der Waals surface area contributed by atoms with Gasteiger partial charge >= 0.3 is 11.9 Å². The minimum atomic E-state index is -0.995. The Balaban J connectivity index is 2.29. The number of hydrogen-bond acceptors (Lipinski definition) is 2. The van der Waals surface area contributed by atoms with Crippen molar-refractivity contribution in [3.05, 3.63) is 59.4 Å². The predicted molar refractivity (Wildman–Crippen MR) is 72.9 cm³/mol. The van der Waals surface area contributed by atoms with E-state index in [9.17, 15) is 14.7 Å². The third-order valence-corrected chi connectivity index (χ3v) is 3.09. The van der Waals surface area contributed by atoms with Gasteiger partial charge in [-0.3, -0.25) is 4.79 Å². The van der Waals surface area contributed by atoms with E-state index in [1.807, 2.05) is 30.3 Å². The smallest absolute Gasteiger partial charge is 0.337 e. The number of rotatable bonds is 6. The van der Waals surface area contributed by atoms with E-state index >= 15 is 0 Å². The van der Waals surface area contributed by atoms with Crippen LogP contribution in [0.4, 0.5) is 0 Å². The molecule has 20 heavy (non-hydrogen) atoms. The first-order chi connectivity index (χ1) is 9.58. The summed E-state index contributed by atoms with van der Waals surface area (Å²) in [6.07, 6.45) is 2.06. The van der Waals surface area contributed by atoms with Gasteiger partial charge in [0, 0.05) is 24.9 Å². The molecule has 2 aromatic rings. The highest BCUT2D eigenvalue weighted by atomic mass is 16.4. The van der Waals surface area contributed by atoms with Crippen molar-refractivity contribution < 1.29 is 19.8 Å². The zero-order valence-electron chi connectivity index (χ0n) is 10.8. The van der Waals surface area contributed by atoms with E-state index < -0.39 is 11.9 Å². The van der Waals surface area contributed by atoms with Crippen molar-refractivity contribution in [3.63, 3.8) is 0 Å². The van der Waals surface area contributed by atoms with Crippen LogP contribution in [0.15, 0.2) is 42.6 Å². The van der Waals surface area contributed by atoms with Gasteiger partial charge in [-0.1, -0.05) is 30.3 Å². The maximum Gasteiger partial charge on any atom is 0.337 e. The van der Waals surface area contributed by atoms with Crippen LogP contribution >= 0.6 is 0 Å². The second-order valence-electron chi connectivity index (χ2n) is 4.48. The van der Waals surface area contributed by atoms with Gasteiger partial charge < -0.3 is 14.8 Å². The summed E-state index contributed by atoms with van der Waals surface area (Å²) in [6.45, 7) is 0.269. The van der Waals surface area contributed by atoms with Crippen LogP contribution in [0.25, 0.3) is 0 Å². The maximum atomic E-state index is 11.2. The monoisotopic (exact) mass is 273 g/mol. The zero-order valence-corrected chi connectivity index (χ0v) is 10.8. The molecule has 2 rings (SSSR count). The third kappa shape index (κ3) is 3.26. The Morgan fingerprint density at radius 2 is 1.75 bits per heavy atom. The standard InChI is InChI=1S/C15H15NO4/c17-14(18)7-9-16-8-6-12(15(19)20)13(16)10-11-4-2-1-3-5-11/h1-6,8H,7,9-10H2,(H,17,18)(H,19,20). The highest BCUT2D eigenvalue weighted by molar-refractivity contribution is 5.89. The Kier molecular flexibility index (Phi) is 4.20. The van der Waals surface area contributed by atoms with Crippen LogP contribution in [0.1, 0.15) is 28.0 Å². The molecule has 0 aliphatic heterocycles. The largest absolute Gasteiger partial charge is 0.481 e. The number of aromatic carboxylic acids is 1. The van der Waals surface area contributed by atoms with Gasteiger partial charge in [0.05, 0.1) is 12.0 Å². The molecule has 0 saturated heterocycles. The third-order valence-electron chi connectivity index (χ3n) is 3.09. The van der Waals surface area contributed by atoms with Crippen molar-refractivity contribution in [1.82, 2.24) is 4.57 Å². The van der Waals surface area contributed by atoms with E-state index in [-0.39, 0.29) is 18.5 Å². The molecule has 2 N–H and O–H groups in total. The molecule has 0 bridgehead atoms. The molecule has 5 nitrogen and oxygen atoms in total. The molecule has 1 aromatic carbocycles. The lowest BCUT2D eigenvalue weighted by molar-refractivity contribution is -0.137. The Morgan fingerprint density at radius 1 is 1.05 bits per heavy atom. The number of carbonyl (C=O) groups is 2. The summed E-state index contributed by atoms with van der Waals surface area (Å²) in [5, 5.41) is 17.9. The number of benzene rings is 1. The lowest BCUT2D eigenvalue weighted by Crippen LogP contribution is -2.10. The molecule has 0 radical (unpaired) electrons. The number of aromatic nitrogens is 1. The van der Waals surface area contributed by atoms with Crippen LogP contribution in [0.3, 0.4) is 0 Å². The van der Waals surface area contributed by atoms with Crippen LogP contribution in [0.2, 0.25) is 0 Å². The van der Waals surface area contributed by atoms with E-state index in [1.54, 1.807) is 10.8 Å². The quantitative estimate of drug-likeness (QED) is 0.846. The molecule has 1 aromatic heterocycles. The van der Waals surface area contributed by atoms with Crippen LogP contribution in [-0.2, 0) is 17.8 Å². The van der Waals surface area contributed by atoms with Crippen molar-refractivity contribution in [2.45, 2.75) is 19.4 Å². The molecule has 0 aliphatic carbocycles. The van der Waals surface area contributed by atoms with Gasteiger partial charge in [0.15, 0.2) is 0 Å². The Morgan fingerprint density at radius 3 is 2.35 bits per heavy atom. The van der Waals surface area contributed by atoms with Crippen molar-refractivity contribution in [2.24, 2.45) is 0 Å². The molecule has 5 heteroatoms. The van der Waals surface area contributed by atoms with Gasteiger partial charge in [0.2, 0.25) is 0 Å². The van der Waals surface area contributed by atoms with Crippen LogP contribution < -0.4 is 0 Å². The van der Waals surface area contributed by atoms with Crippen LogP contribution in [-0.4, -0.2) is 26.7 Å². The number of carboxylic acids is 2. The molecular formula is C15H15NO4. The summed E-state index contributed by atoms with van der Waals surface area (Å²) < 4.78 is 1.70. The normalized spacial score (nSPS) is 10.4. The minimum Gasteiger partial charge on any atom is -0.481 e. The van der Waals surface area contributed by atoms with Gasteiger partial charge in [0.25, 0.3) is 0 Å². The lowest BCUT2D eigenvalue weighted by atomic mass is 10.1. The van der Waals surface area contributed by atoms with E-state index in [4.69, 9.17) is 5.11 Å². The highest BCUT2D eigenvalue weighted by Gasteiger charge is 2.15. The molecule has 104 valence electrons. The van der Waals surface area contributed by atoms with E-state index in [0.29, 0.717) is 12.1 Å². The molecule has 0 fully saturated rings. The molecule has 0 atom stereocenters. The molecule has 0 spiro atoms. The van der Waals surface area contributed by atoms with Gasteiger partial charge in [-0.15, -0.1) is 0 Å². The van der Waals surface area contributed by atoms with Crippen molar-refractivity contribution in [1.29, 1.82) is 0 Å². The fourth-order valence-corrected chi connectivity index (χ4v) is 2.11. The Labute approximate surface area is 116 Å². The minimum absolute atomic E-state index is 0.0322.